The van der Waals surface area contributed by atoms with Crippen LogP contribution in [0.25, 0.3) is 0 Å². The summed E-state index contributed by atoms with van der Waals surface area (Å²) in [5.41, 5.74) is 2.56. The minimum Gasteiger partial charge on any atom is -0.493 e. The van der Waals surface area contributed by atoms with Crippen LogP contribution >= 0.6 is 0 Å². The summed E-state index contributed by atoms with van der Waals surface area (Å²) >= 11 is 0. The number of ether oxygens (including phenoxy) is 2. The predicted molar refractivity (Wildman–Crippen MR) is 112 cm³/mol. The lowest BCUT2D eigenvalue weighted by atomic mass is 9.88. The van der Waals surface area contributed by atoms with E-state index >= 15 is 0 Å². The van der Waals surface area contributed by atoms with Gasteiger partial charge >= 0.3 is 0 Å². The number of allylic oxidation sites excluding steroid dienone is 1. The Morgan fingerprint density at radius 1 is 1.07 bits per heavy atom. The van der Waals surface area contributed by atoms with Gasteiger partial charge < -0.3 is 14.6 Å². The Labute approximate surface area is 171 Å². The maximum Gasteiger partial charge on any atom is 0.189 e. The zero-order chi connectivity index (χ0) is 20.4. The van der Waals surface area contributed by atoms with Crippen molar-refractivity contribution in [1.29, 1.82) is 0 Å². The van der Waals surface area contributed by atoms with Crippen LogP contribution in [0.2, 0.25) is 0 Å². The average molecular weight is 393 g/mol. The molecule has 152 valence electrons. The maximum absolute atomic E-state index is 12.9. The van der Waals surface area contributed by atoms with Crippen molar-refractivity contribution in [3.8, 4) is 11.5 Å². The Kier molecular flexibility index (Phi) is 5.43. The van der Waals surface area contributed by atoms with E-state index in [0.29, 0.717) is 41.9 Å². The van der Waals surface area contributed by atoms with E-state index < -0.39 is 5.60 Å². The van der Waals surface area contributed by atoms with Crippen LogP contribution in [0, 0.1) is 0 Å². The van der Waals surface area contributed by atoms with Gasteiger partial charge in [-0.25, -0.2) is 0 Å². The molecule has 29 heavy (non-hydrogen) atoms. The van der Waals surface area contributed by atoms with Gasteiger partial charge in [-0.3, -0.25) is 9.69 Å². The molecule has 0 atom stereocenters. The SMILES string of the molecule is COc1cc2c(cc1OC)C(=O)C(=CC1(O)CCN(Cc3ccccc3)CC1)C2. The maximum atomic E-state index is 12.9. The fraction of sp³-hybridized carbons (Fsp3) is 0.375. The highest BCUT2D eigenvalue weighted by Gasteiger charge is 2.34. The van der Waals surface area contributed by atoms with Gasteiger partial charge in [0.05, 0.1) is 19.8 Å². The topological polar surface area (TPSA) is 59.0 Å². The average Bonchev–Trinajstić information content (AvgIpc) is 3.03. The summed E-state index contributed by atoms with van der Waals surface area (Å²) in [4.78, 5) is 15.3. The molecule has 0 aromatic heterocycles. The first-order valence-corrected chi connectivity index (χ1v) is 10.0. The van der Waals surface area contributed by atoms with Crippen molar-refractivity contribution in [2.24, 2.45) is 0 Å². The van der Waals surface area contributed by atoms with Crippen LogP contribution in [0.1, 0.15) is 34.3 Å². The Balaban J connectivity index is 1.46. The minimum absolute atomic E-state index is 0.0268. The van der Waals surface area contributed by atoms with Gasteiger partial charge in [-0.1, -0.05) is 30.3 Å². The fourth-order valence-corrected chi connectivity index (χ4v) is 4.26. The molecule has 5 nitrogen and oxygen atoms in total. The van der Waals surface area contributed by atoms with Crippen molar-refractivity contribution in [3.63, 3.8) is 0 Å². The third-order valence-electron chi connectivity index (χ3n) is 5.94. The van der Waals surface area contributed by atoms with Crippen LogP contribution in [0.4, 0.5) is 0 Å². The molecule has 0 bridgehead atoms. The number of hydrogen-bond acceptors (Lipinski definition) is 5. The first-order valence-electron chi connectivity index (χ1n) is 10.0. The highest BCUT2D eigenvalue weighted by molar-refractivity contribution is 6.13. The molecule has 0 saturated carbocycles. The van der Waals surface area contributed by atoms with Gasteiger partial charge in [-0.2, -0.15) is 0 Å². The van der Waals surface area contributed by atoms with Crippen LogP contribution in [-0.2, 0) is 13.0 Å². The second kappa shape index (κ2) is 8.01. The van der Waals surface area contributed by atoms with E-state index in [4.69, 9.17) is 9.47 Å². The van der Waals surface area contributed by atoms with Gasteiger partial charge in [-0.15, -0.1) is 0 Å². The molecule has 4 rings (SSSR count). The van der Waals surface area contributed by atoms with E-state index in [0.717, 1.165) is 25.2 Å². The molecular weight excluding hydrogens is 366 g/mol. The van der Waals surface area contributed by atoms with Crippen LogP contribution in [0.15, 0.2) is 54.1 Å². The Bertz CT molecular complexity index is 927. The first kappa shape index (κ1) is 19.7. The van der Waals surface area contributed by atoms with Crippen molar-refractivity contribution >= 4 is 5.78 Å². The van der Waals surface area contributed by atoms with E-state index in [1.54, 1.807) is 26.4 Å². The second-order valence-electron chi connectivity index (χ2n) is 7.91. The zero-order valence-electron chi connectivity index (χ0n) is 17.0. The third-order valence-corrected chi connectivity index (χ3v) is 5.94. The number of hydrogen-bond donors (Lipinski definition) is 1. The molecule has 5 heteroatoms. The minimum atomic E-state index is -0.936. The van der Waals surface area contributed by atoms with Gasteiger partial charge in [0.1, 0.15) is 0 Å². The van der Waals surface area contributed by atoms with Crippen molar-refractivity contribution in [1.82, 2.24) is 4.90 Å². The van der Waals surface area contributed by atoms with E-state index in [1.807, 2.05) is 24.3 Å². The van der Waals surface area contributed by atoms with Gasteiger partial charge in [0, 0.05) is 37.2 Å². The number of likely N-dealkylation sites (tertiary alicyclic amines) is 1. The molecule has 1 heterocycles. The van der Waals surface area contributed by atoms with Crippen molar-refractivity contribution in [2.75, 3.05) is 27.3 Å². The lowest BCUT2D eigenvalue weighted by Gasteiger charge is -2.36. The lowest BCUT2D eigenvalue weighted by Crippen LogP contribution is -2.43. The molecule has 1 fully saturated rings. The summed E-state index contributed by atoms with van der Waals surface area (Å²) in [6.07, 6.45) is 3.57. The molecular formula is C24H27NO4. The second-order valence-corrected chi connectivity index (χ2v) is 7.91. The molecule has 1 aliphatic heterocycles. The Morgan fingerprint density at radius 3 is 2.38 bits per heavy atom. The smallest absolute Gasteiger partial charge is 0.189 e. The van der Waals surface area contributed by atoms with Gasteiger partial charge in [0.2, 0.25) is 0 Å². The molecule has 1 N–H and O–H groups in total. The van der Waals surface area contributed by atoms with Crippen LogP contribution in [0.3, 0.4) is 0 Å². The van der Waals surface area contributed by atoms with Gasteiger partial charge in [0.15, 0.2) is 17.3 Å². The number of nitrogens with zero attached hydrogens (tertiary/aromatic N) is 1. The van der Waals surface area contributed by atoms with E-state index in [-0.39, 0.29) is 5.78 Å². The normalized spacial score (nSPS) is 20.0. The summed E-state index contributed by atoms with van der Waals surface area (Å²) < 4.78 is 10.7. The number of aliphatic hydroxyl groups is 1. The van der Waals surface area contributed by atoms with Gasteiger partial charge in [-0.05, 0) is 42.2 Å². The Morgan fingerprint density at radius 2 is 1.72 bits per heavy atom. The van der Waals surface area contributed by atoms with E-state index in [2.05, 4.69) is 17.0 Å². The summed E-state index contributed by atoms with van der Waals surface area (Å²) in [7, 11) is 3.15. The molecule has 0 unspecified atom stereocenters. The monoisotopic (exact) mass is 393 g/mol. The fourth-order valence-electron chi connectivity index (χ4n) is 4.26. The number of Topliss-reactive ketones (excluding diaryl/α,β-unsaturated/α-hetero) is 1. The van der Waals surface area contributed by atoms with Crippen LogP contribution < -0.4 is 9.47 Å². The lowest BCUT2D eigenvalue weighted by molar-refractivity contribution is 0.0160. The highest BCUT2D eigenvalue weighted by Crippen LogP contribution is 2.38. The molecule has 1 saturated heterocycles. The molecule has 2 aliphatic rings. The summed E-state index contributed by atoms with van der Waals surface area (Å²) in [5, 5.41) is 11.1. The van der Waals surface area contributed by atoms with Crippen LogP contribution in [0.5, 0.6) is 11.5 Å². The molecule has 0 spiro atoms. The molecule has 1 aliphatic carbocycles. The summed E-state index contributed by atoms with van der Waals surface area (Å²) in [5.74, 6) is 1.14. The number of methoxy groups -OCH3 is 2. The molecule has 0 amide bonds. The highest BCUT2D eigenvalue weighted by atomic mass is 16.5. The van der Waals surface area contributed by atoms with E-state index in [9.17, 15) is 9.90 Å². The number of fused-ring (bicyclic) bond motifs is 1. The van der Waals surface area contributed by atoms with Gasteiger partial charge in [0.25, 0.3) is 0 Å². The number of piperidine rings is 1. The molecule has 2 aromatic carbocycles. The van der Waals surface area contributed by atoms with Crippen LogP contribution in [-0.4, -0.2) is 48.7 Å². The quantitative estimate of drug-likeness (QED) is 0.789. The van der Waals surface area contributed by atoms with Crippen molar-refractivity contribution < 1.29 is 19.4 Å². The van der Waals surface area contributed by atoms with Crippen molar-refractivity contribution in [2.45, 2.75) is 31.4 Å². The summed E-state index contributed by atoms with van der Waals surface area (Å²) in [6.45, 7) is 2.49. The van der Waals surface area contributed by atoms with E-state index in [1.165, 1.54) is 5.56 Å². The summed E-state index contributed by atoms with van der Waals surface area (Å²) in [6, 6.07) is 14.0. The first-order chi connectivity index (χ1) is 14.0. The number of carbonyl (C=O) groups is 1. The van der Waals surface area contributed by atoms with Crippen molar-refractivity contribution in [3.05, 3.63) is 70.8 Å². The molecule has 0 radical (unpaired) electrons. The molecule has 2 aromatic rings. The zero-order valence-corrected chi connectivity index (χ0v) is 17.0. The predicted octanol–water partition coefficient (Wildman–Crippen LogP) is 3.40. The Hall–Kier alpha value is -2.63. The number of rotatable bonds is 5. The standard InChI is InChI=1S/C24H27NO4/c1-28-21-13-18-12-19(23(26)20(18)14-22(21)29-2)15-24(27)8-10-25(11-9-24)16-17-6-4-3-5-7-17/h3-7,13-15,27H,8-12,16H2,1-2H3. The third kappa shape index (κ3) is 4.07. The number of carbonyl (C=O) groups excluding carboxylic acids is 1. The largest absolute Gasteiger partial charge is 0.493 e. The number of ketones is 1. The number of benzene rings is 2.